The van der Waals surface area contributed by atoms with E-state index in [2.05, 4.69) is 4.98 Å². The zero-order valence-corrected chi connectivity index (χ0v) is 24.4. The summed E-state index contributed by atoms with van der Waals surface area (Å²) in [5.74, 6) is -1.46. The minimum absolute atomic E-state index is 0.0417. The Hall–Kier alpha value is -3.64. The molecule has 40 heavy (non-hydrogen) atoms. The molecule has 2 heterocycles. The van der Waals surface area contributed by atoms with Crippen molar-refractivity contribution in [1.82, 2.24) is 14.8 Å². The van der Waals surface area contributed by atoms with Crippen molar-refractivity contribution in [3.05, 3.63) is 63.5 Å². The van der Waals surface area contributed by atoms with Crippen molar-refractivity contribution in [3.63, 3.8) is 0 Å². The van der Waals surface area contributed by atoms with Crippen LogP contribution in [0.5, 0.6) is 0 Å². The van der Waals surface area contributed by atoms with Crippen molar-refractivity contribution in [1.29, 1.82) is 0 Å². The molecule has 4 rings (SSSR count). The number of hydrogen-bond acceptors (Lipinski definition) is 10. The molecule has 10 nitrogen and oxygen atoms in total. The van der Waals surface area contributed by atoms with E-state index in [-0.39, 0.29) is 23.7 Å². The van der Waals surface area contributed by atoms with Crippen LogP contribution in [0.4, 0.5) is 9.18 Å². The number of likely N-dealkylation sites (N-methyl/N-ethyl adjacent to an activating group) is 1. The SMILES string of the molecule is COC(=O)C1=C(CN(C)C2(C(=O)OC)CC2)N(C(=O)OC(C)(C)C)C(c2nccs2)=NC1(C)c1ccc(F)cc1. The summed E-state index contributed by atoms with van der Waals surface area (Å²) in [5.41, 5.74) is -2.48. The maximum absolute atomic E-state index is 14.0. The predicted molar refractivity (Wildman–Crippen MR) is 146 cm³/mol. The Balaban J connectivity index is 2.01. The Morgan fingerprint density at radius 1 is 1.12 bits per heavy atom. The summed E-state index contributed by atoms with van der Waals surface area (Å²) in [7, 11) is 4.28. The molecule has 1 fully saturated rings. The molecule has 1 saturated carbocycles. The lowest BCUT2D eigenvalue weighted by Gasteiger charge is -2.41. The van der Waals surface area contributed by atoms with Gasteiger partial charge in [0.25, 0.3) is 0 Å². The van der Waals surface area contributed by atoms with Crippen LogP contribution < -0.4 is 0 Å². The third-order valence-electron chi connectivity index (χ3n) is 6.99. The zero-order chi connectivity index (χ0) is 29.5. The van der Waals surface area contributed by atoms with Crippen molar-refractivity contribution >= 4 is 35.2 Å². The lowest BCUT2D eigenvalue weighted by molar-refractivity contribution is -0.148. The fraction of sp³-hybridized carbons (Fsp3) is 0.464. The van der Waals surface area contributed by atoms with Crippen LogP contribution in [0.15, 0.2) is 52.1 Å². The predicted octanol–water partition coefficient (Wildman–Crippen LogP) is 4.26. The fourth-order valence-corrected chi connectivity index (χ4v) is 5.41. The number of benzene rings is 1. The number of amidine groups is 1. The first-order valence-electron chi connectivity index (χ1n) is 12.7. The first kappa shape index (κ1) is 29.3. The van der Waals surface area contributed by atoms with Gasteiger partial charge in [0.05, 0.1) is 25.5 Å². The van der Waals surface area contributed by atoms with Crippen LogP contribution in [-0.4, -0.2) is 77.6 Å². The number of hydrogen-bond donors (Lipinski definition) is 0. The molecule has 1 amide bonds. The van der Waals surface area contributed by atoms with E-state index in [1.807, 2.05) is 0 Å². The second-order valence-corrected chi connectivity index (χ2v) is 11.8. The van der Waals surface area contributed by atoms with Crippen molar-refractivity contribution in [3.8, 4) is 0 Å². The third-order valence-corrected chi connectivity index (χ3v) is 7.76. The van der Waals surface area contributed by atoms with E-state index in [1.165, 1.54) is 54.7 Å². The second kappa shape index (κ2) is 10.7. The first-order chi connectivity index (χ1) is 18.8. The van der Waals surface area contributed by atoms with E-state index >= 15 is 0 Å². The third kappa shape index (κ3) is 5.37. The standard InChI is InChI=1S/C28H33FN4O6S/c1-26(2,3)39-25(36)33-19(16-32(5)28(12-13-28)24(35)38-7)20(23(34)37-6)27(4,17-8-10-18(29)11-9-17)31-21(33)22-30-14-15-40-22/h8-11,14-15H,12-13,16H2,1-7H3. The van der Waals surface area contributed by atoms with Crippen LogP contribution in [0.25, 0.3) is 0 Å². The van der Waals surface area contributed by atoms with Gasteiger partial charge in [-0.2, -0.15) is 0 Å². The van der Waals surface area contributed by atoms with Gasteiger partial charge in [-0.1, -0.05) is 12.1 Å². The lowest BCUT2D eigenvalue weighted by Crippen LogP contribution is -2.52. The average Bonchev–Trinajstić information content (AvgIpc) is 3.53. The van der Waals surface area contributed by atoms with Crippen molar-refractivity contribution in [2.45, 2.75) is 57.2 Å². The molecule has 1 aromatic carbocycles. The highest BCUT2D eigenvalue weighted by molar-refractivity contribution is 7.11. The number of carbonyl (C=O) groups excluding carboxylic acids is 3. The van der Waals surface area contributed by atoms with E-state index in [0.717, 1.165) is 0 Å². The molecule has 2 aliphatic rings. The van der Waals surface area contributed by atoms with Crippen LogP contribution in [0.3, 0.4) is 0 Å². The van der Waals surface area contributed by atoms with Gasteiger partial charge in [0, 0.05) is 18.1 Å². The Morgan fingerprint density at radius 3 is 2.27 bits per heavy atom. The largest absolute Gasteiger partial charge is 0.468 e. The van der Waals surface area contributed by atoms with E-state index in [9.17, 15) is 18.8 Å². The minimum Gasteiger partial charge on any atom is -0.468 e. The molecule has 2 aromatic rings. The topological polar surface area (TPSA) is 111 Å². The Kier molecular flexibility index (Phi) is 7.88. The van der Waals surface area contributed by atoms with Gasteiger partial charge in [0.1, 0.15) is 22.5 Å². The number of methoxy groups -OCH3 is 2. The summed E-state index contributed by atoms with van der Waals surface area (Å²) in [4.78, 5) is 52.5. The second-order valence-electron chi connectivity index (χ2n) is 10.9. The van der Waals surface area contributed by atoms with Gasteiger partial charge in [-0.05, 0) is 65.3 Å². The molecule has 1 atom stereocenters. The molecular weight excluding hydrogens is 539 g/mol. The van der Waals surface area contributed by atoms with E-state index in [4.69, 9.17) is 19.2 Å². The highest BCUT2D eigenvalue weighted by Crippen LogP contribution is 2.46. The molecule has 1 aromatic heterocycles. The minimum atomic E-state index is -1.42. The van der Waals surface area contributed by atoms with E-state index < -0.39 is 40.5 Å². The fourth-order valence-electron chi connectivity index (χ4n) is 4.80. The van der Waals surface area contributed by atoms with Gasteiger partial charge < -0.3 is 14.2 Å². The van der Waals surface area contributed by atoms with Gasteiger partial charge in [0.15, 0.2) is 10.8 Å². The number of amides is 1. The van der Waals surface area contributed by atoms with Crippen LogP contribution in [0.2, 0.25) is 0 Å². The van der Waals surface area contributed by atoms with Crippen molar-refractivity contribution < 1.29 is 33.0 Å². The maximum atomic E-state index is 14.0. The quantitative estimate of drug-likeness (QED) is 0.358. The number of thiazole rings is 1. The van der Waals surface area contributed by atoms with Gasteiger partial charge in [-0.3, -0.25) is 9.69 Å². The molecule has 214 valence electrons. The Labute approximate surface area is 236 Å². The number of nitrogens with zero attached hydrogens (tertiary/aromatic N) is 4. The summed E-state index contributed by atoms with van der Waals surface area (Å²) in [6.45, 7) is 6.83. The zero-order valence-electron chi connectivity index (χ0n) is 23.6. The van der Waals surface area contributed by atoms with Gasteiger partial charge in [0.2, 0.25) is 0 Å². The summed E-state index contributed by atoms with van der Waals surface area (Å²) >= 11 is 1.25. The van der Waals surface area contributed by atoms with E-state index in [0.29, 0.717) is 23.4 Å². The summed E-state index contributed by atoms with van der Waals surface area (Å²) in [6, 6.07) is 5.61. The number of esters is 2. The van der Waals surface area contributed by atoms with E-state index in [1.54, 1.807) is 51.2 Å². The van der Waals surface area contributed by atoms with Crippen LogP contribution in [0.1, 0.15) is 51.1 Å². The monoisotopic (exact) mass is 572 g/mol. The molecule has 0 N–H and O–H groups in total. The molecular formula is C28H33FN4O6S. The van der Waals surface area contributed by atoms with Crippen LogP contribution in [-0.2, 0) is 29.3 Å². The van der Waals surface area contributed by atoms with Gasteiger partial charge in [-0.15, -0.1) is 11.3 Å². The normalized spacial score (nSPS) is 20.2. The number of carbonyl (C=O) groups is 3. The average molecular weight is 573 g/mol. The van der Waals surface area contributed by atoms with Crippen molar-refractivity contribution in [2.75, 3.05) is 27.8 Å². The number of halogens is 1. The Bertz CT molecular complexity index is 1360. The lowest BCUT2D eigenvalue weighted by atomic mass is 9.81. The first-order valence-corrected chi connectivity index (χ1v) is 13.6. The number of rotatable bonds is 7. The number of aromatic nitrogens is 1. The molecule has 1 aliphatic carbocycles. The molecule has 1 aliphatic heterocycles. The van der Waals surface area contributed by atoms with Gasteiger partial charge in [-0.25, -0.2) is 28.9 Å². The summed E-state index contributed by atoms with van der Waals surface area (Å²) < 4.78 is 30.0. The summed E-state index contributed by atoms with van der Waals surface area (Å²) in [6.07, 6.45) is 1.89. The molecule has 1 unspecified atom stereocenters. The maximum Gasteiger partial charge on any atom is 0.420 e. The molecule has 12 heteroatoms. The number of ether oxygens (including phenoxy) is 3. The Morgan fingerprint density at radius 2 is 1.77 bits per heavy atom. The van der Waals surface area contributed by atoms with Crippen LogP contribution in [0, 0.1) is 5.82 Å². The highest BCUT2D eigenvalue weighted by atomic mass is 32.1. The smallest absolute Gasteiger partial charge is 0.420 e. The van der Waals surface area contributed by atoms with Crippen LogP contribution >= 0.6 is 11.3 Å². The molecule has 0 radical (unpaired) electrons. The van der Waals surface area contributed by atoms with Crippen molar-refractivity contribution in [2.24, 2.45) is 4.99 Å². The molecule has 0 spiro atoms. The highest BCUT2D eigenvalue weighted by Gasteiger charge is 2.56. The molecule has 0 bridgehead atoms. The summed E-state index contributed by atoms with van der Waals surface area (Å²) in [5, 5.41) is 2.14. The van der Waals surface area contributed by atoms with Gasteiger partial charge >= 0.3 is 18.0 Å². The molecule has 0 saturated heterocycles. The number of aliphatic imine (C=N–C) groups is 1.